The van der Waals surface area contributed by atoms with Crippen molar-refractivity contribution in [3.8, 4) is 0 Å². The summed E-state index contributed by atoms with van der Waals surface area (Å²) in [5.74, 6) is 0. The van der Waals surface area contributed by atoms with E-state index in [1.165, 1.54) is 5.19 Å². The molecule has 0 fully saturated rings. The van der Waals surface area contributed by atoms with Crippen LogP contribution in [0.1, 0.15) is 0 Å². The standard InChI is InChI=1S/C13H15NSi/c1-15(2,13-10-4-3-5-11-13)14-12-8-6-7-9-12/h3-8,10-11,14H,1-2H3. The molecule has 0 radical (unpaired) electrons. The Labute approximate surface area is 91.9 Å². The molecular formula is C13H15NSi. The van der Waals surface area contributed by atoms with Gasteiger partial charge in [0, 0.05) is 0 Å². The molecule has 1 aromatic carbocycles. The van der Waals surface area contributed by atoms with E-state index in [1.807, 2.05) is 12.2 Å². The van der Waals surface area contributed by atoms with Gasteiger partial charge in [-0.05, 0) is 30.4 Å². The molecule has 1 aliphatic rings. The van der Waals surface area contributed by atoms with Crippen molar-refractivity contribution in [3.05, 3.63) is 60.0 Å². The number of rotatable bonds is 3. The van der Waals surface area contributed by atoms with Gasteiger partial charge in [0.25, 0.3) is 0 Å². The van der Waals surface area contributed by atoms with Crippen LogP contribution in [-0.4, -0.2) is 8.24 Å². The second kappa shape index (κ2) is 3.93. The van der Waals surface area contributed by atoms with Gasteiger partial charge in [0.1, 0.15) is 0 Å². The van der Waals surface area contributed by atoms with Crippen LogP contribution in [0.25, 0.3) is 0 Å². The lowest BCUT2D eigenvalue weighted by molar-refractivity contribution is 1.19. The van der Waals surface area contributed by atoms with E-state index in [1.54, 1.807) is 0 Å². The van der Waals surface area contributed by atoms with E-state index in [-0.39, 0.29) is 0 Å². The molecule has 0 aliphatic heterocycles. The van der Waals surface area contributed by atoms with Gasteiger partial charge in [-0.3, -0.25) is 0 Å². The monoisotopic (exact) mass is 213 g/mol. The van der Waals surface area contributed by atoms with Crippen molar-refractivity contribution in [2.45, 2.75) is 13.1 Å². The largest absolute Gasteiger partial charge is 0.401 e. The van der Waals surface area contributed by atoms with Gasteiger partial charge < -0.3 is 4.98 Å². The molecule has 0 aromatic heterocycles. The second-order valence-corrected chi connectivity index (χ2v) is 8.28. The SMILES string of the molecule is C[Si](C)(NC1=C=CC=C1)c1ccccc1. The van der Waals surface area contributed by atoms with E-state index in [0.717, 1.165) is 5.70 Å². The van der Waals surface area contributed by atoms with Crippen LogP contribution in [0, 0.1) is 0 Å². The Balaban J connectivity index is 2.20. The van der Waals surface area contributed by atoms with Crippen LogP contribution in [0.4, 0.5) is 0 Å². The fourth-order valence-electron chi connectivity index (χ4n) is 1.67. The zero-order valence-electron chi connectivity index (χ0n) is 9.12. The summed E-state index contributed by atoms with van der Waals surface area (Å²) in [6, 6.07) is 10.6. The molecule has 1 N–H and O–H groups in total. The third-order valence-electron chi connectivity index (χ3n) is 2.54. The van der Waals surface area contributed by atoms with E-state index >= 15 is 0 Å². The van der Waals surface area contributed by atoms with Crippen LogP contribution in [0.3, 0.4) is 0 Å². The molecule has 0 saturated heterocycles. The van der Waals surface area contributed by atoms with Crippen LogP contribution in [0.15, 0.2) is 60.0 Å². The van der Waals surface area contributed by atoms with Crippen molar-refractivity contribution >= 4 is 13.4 Å². The zero-order chi connectivity index (χ0) is 10.7. The van der Waals surface area contributed by atoms with Crippen molar-refractivity contribution in [2.24, 2.45) is 0 Å². The van der Waals surface area contributed by atoms with Crippen molar-refractivity contribution in [3.63, 3.8) is 0 Å². The molecule has 0 bridgehead atoms. The fraction of sp³-hybridized carbons (Fsp3) is 0.154. The average Bonchev–Trinajstić information content (AvgIpc) is 2.71. The lowest BCUT2D eigenvalue weighted by Gasteiger charge is -2.24. The summed E-state index contributed by atoms with van der Waals surface area (Å²) in [5, 5.41) is 1.42. The summed E-state index contributed by atoms with van der Waals surface area (Å²) in [6.07, 6.45) is 6.02. The first kappa shape index (κ1) is 10.0. The Morgan fingerprint density at radius 1 is 1.13 bits per heavy atom. The normalized spacial score (nSPS) is 14.1. The summed E-state index contributed by atoms with van der Waals surface area (Å²) in [7, 11) is -1.57. The number of benzene rings is 1. The first-order valence-corrected chi connectivity index (χ1v) is 8.15. The van der Waals surface area contributed by atoms with E-state index in [4.69, 9.17) is 0 Å². The highest BCUT2D eigenvalue weighted by Crippen LogP contribution is 2.05. The van der Waals surface area contributed by atoms with Gasteiger partial charge in [-0.25, -0.2) is 0 Å². The molecule has 2 heteroatoms. The highest BCUT2D eigenvalue weighted by atomic mass is 28.3. The van der Waals surface area contributed by atoms with Crippen LogP contribution in [0.2, 0.25) is 13.1 Å². The molecule has 0 saturated carbocycles. The van der Waals surface area contributed by atoms with E-state index in [9.17, 15) is 0 Å². The zero-order valence-corrected chi connectivity index (χ0v) is 10.1. The highest BCUT2D eigenvalue weighted by Gasteiger charge is 2.23. The molecular weight excluding hydrogens is 198 g/mol. The van der Waals surface area contributed by atoms with Gasteiger partial charge >= 0.3 is 0 Å². The average molecular weight is 213 g/mol. The van der Waals surface area contributed by atoms with Crippen molar-refractivity contribution in [1.82, 2.24) is 4.98 Å². The highest BCUT2D eigenvalue weighted by molar-refractivity contribution is 6.88. The molecule has 1 nitrogen and oxygen atoms in total. The van der Waals surface area contributed by atoms with E-state index < -0.39 is 8.24 Å². The predicted octanol–water partition coefficient (Wildman–Crippen LogP) is 2.30. The number of hydrogen-bond donors (Lipinski definition) is 1. The summed E-state index contributed by atoms with van der Waals surface area (Å²) in [4.78, 5) is 3.60. The molecule has 0 heterocycles. The molecule has 0 spiro atoms. The molecule has 0 atom stereocenters. The topological polar surface area (TPSA) is 12.0 Å². The van der Waals surface area contributed by atoms with Gasteiger partial charge in [-0.1, -0.05) is 42.1 Å². The molecule has 1 aromatic rings. The lowest BCUT2D eigenvalue weighted by atomic mass is 10.4. The van der Waals surface area contributed by atoms with Crippen LogP contribution >= 0.6 is 0 Å². The second-order valence-electron chi connectivity index (χ2n) is 4.20. The molecule has 1 aliphatic carbocycles. The maximum atomic E-state index is 3.60. The summed E-state index contributed by atoms with van der Waals surface area (Å²) in [5.41, 5.74) is 4.29. The molecule has 0 amide bonds. The summed E-state index contributed by atoms with van der Waals surface area (Å²) < 4.78 is 0. The lowest BCUT2D eigenvalue weighted by Crippen LogP contribution is -2.54. The molecule has 2 rings (SSSR count). The Hall–Kier alpha value is -1.50. The van der Waals surface area contributed by atoms with Crippen LogP contribution in [-0.2, 0) is 0 Å². The fourth-order valence-corrected chi connectivity index (χ4v) is 3.67. The van der Waals surface area contributed by atoms with Crippen molar-refractivity contribution in [2.75, 3.05) is 0 Å². The summed E-state index contributed by atoms with van der Waals surface area (Å²) >= 11 is 0. The van der Waals surface area contributed by atoms with Gasteiger partial charge in [0.15, 0.2) is 8.24 Å². The Bertz CT molecular complexity index is 437. The van der Waals surface area contributed by atoms with Gasteiger partial charge in [-0.15, -0.1) is 0 Å². The van der Waals surface area contributed by atoms with Gasteiger partial charge in [0.2, 0.25) is 0 Å². The number of hydrogen-bond acceptors (Lipinski definition) is 1. The van der Waals surface area contributed by atoms with Crippen molar-refractivity contribution in [1.29, 1.82) is 0 Å². The van der Waals surface area contributed by atoms with Crippen molar-refractivity contribution < 1.29 is 0 Å². The Morgan fingerprint density at radius 3 is 2.47 bits per heavy atom. The smallest absolute Gasteiger partial charge is 0.179 e. The number of allylic oxidation sites excluding steroid dienone is 2. The van der Waals surface area contributed by atoms with Gasteiger partial charge in [-0.2, -0.15) is 0 Å². The Morgan fingerprint density at radius 2 is 1.87 bits per heavy atom. The maximum Gasteiger partial charge on any atom is 0.179 e. The summed E-state index contributed by atoms with van der Waals surface area (Å²) in [6.45, 7) is 4.62. The van der Waals surface area contributed by atoms with E-state index in [0.29, 0.717) is 0 Å². The maximum absolute atomic E-state index is 3.60. The minimum Gasteiger partial charge on any atom is -0.401 e. The first-order chi connectivity index (χ1) is 7.18. The Kier molecular flexibility index (Phi) is 2.63. The minimum atomic E-state index is -1.57. The third kappa shape index (κ3) is 2.29. The quantitative estimate of drug-likeness (QED) is 0.600. The number of nitrogens with one attached hydrogen (secondary N) is 1. The van der Waals surface area contributed by atoms with E-state index in [2.05, 4.69) is 60.2 Å². The minimum absolute atomic E-state index is 1.11. The molecule has 0 unspecified atom stereocenters. The van der Waals surface area contributed by atoms with Crippen LogP contribution < -0.4 is 10.2 Å². The predicted molar refractivity (Wildman–Crippen MR) is 67.4 cm³/mol. The first-order valence-electron chi connectivity index (χ1n) is 5.15. The van der Waals surface area contributed by atoms with Crippen LogP contribution in [0.5, 0.6) is 0 Å². The molecule has 15 heavy (non-hydrogen) atoms. The molecule has 76 valence electrons. The third-order valence-corrected chi connectivity index (χ3v) is 5.21. The van der Waals surface area contributed by atoms with Gasteiger partial charge in [0.05, 0.1) is 5.70 Å².